The molecule has 1 fully saturated rings. The van der Waals surface area contributed by atoms with Crippen molar-refractivity contribution in [2.45, 2.75) is 39.2 Å². The molecule has 10 heteroatoms. The molecule has 1 amide bonds. The number of H-pyrrole nitrogens is 1. The zero-order chi connectivity index (χ0) is 26.8. The van der Waals surface area contributed by atoms with Gasteiger partial charge < -0.3 is 14.6 Å². The number of amides is 1. The van der Waals surface area contributed by atoms with Crippen molar-refractivity contribution >= 4 is 28.5 Å². The molecule has 1 atom stereocenters. The first kappa shape index (κ1) is 25.3. The Morgan fingerprint density at radius 1 is 1.34 bits per heavy atom. The highest BCUT2D eigenvalue weighted by molar-refractivity contribution is 6.01. The highest BCUT2D eigenvalue weighted by Crippen LogP contribution is 2.36. The zero-order valence-corrected chi connectivity index (χ0v) is 21.3. The molecule has 1 saturated heterocycles. The molecule has 0 saturated carbocycles. The fourth-order valence-corrected chi connectivity index (χ4v) is 4.74. The number of anilines is 1. The van der Waals surface area contributed by atoms with Gasteiger partial charge in [0.15, 0.2) is 28.8 Å². The molecule has 38 heavy (non-hydrogen) atoms. The normalized spacial score (nSPS) is 15.4. The molecule has 4 heterocycles. The minimum Gasteiger partial charge on any atom is -0.448 e. The number of hydrogen-bond donors (Lipinski definition) is 2. The number of fused-ring (bicyclic) bond motifs is 1. The number of carbonyl (C=O) groups is 2. The van der Waals surface area contributed by atoms with Crippen LogP contribution in [0.15, 0.2) is 53.8 Å². The van der Waals surface area contributed by atoms with Crippen molar-refractivity contribution < 1.29 is 18.4 Å². The Kier molecular flexibility index (Phi) is 7.04. The van der Waals surface area contributed by atoms with E-state index in [1.54, 1.807) is 12.3 Å². The summed E-state index contributed by atoms with van der Waals surface area (Å²) in [6.07, 6.45) is 5.68. The molecule has 9 nitrogen and oxygen atoms in total. The first-order chi connectivity index (χ1) is 18.3. The summed E-state index contributed by atoms with van der Waals surface area (Å²) in [6.45, 7) is 8.88. The Morgan fingerprint density at radius 2 is 2.18 bits per heavy atom. The van der Waals surface area contributed by atoms with Crippen molar-refractivity contribution in [1.29, 1.82) is 0 Å². The SMILES string of the molecule is C=CC(=O)C[C@@H]1CCN(c2n[nH]c3nccc(-c4ccc(CNC(=O)c5coc(C(C)C)n5)c(F)c4)c23)C1. The lowest BCUT2D eigenvalue weighted by molar-refractivity contribution is -0.115. The third kappa shape index (κ3) is 5.06. The Balaban J connectivity index is 1.35. The van der Waals surface area contributed by atoms with E-state index in [0.29, 0.717) is 35.6 Å². The molecule has 0 aliphatic carbocycles. The number of aromatic nitrogens is 4. The number of nitrogens with zero attached hydrogens (tertiary/aromatic N) is 4. The fourth-order valence-electron chi connectivity index (χ4n) is 4.74. The molecule has 0 unspecified atom stereocenters. The zero-order valence-electron chi connectivity index (χ0n) is 21.3. The fraction of sp³-hybridized carbons (Fsp3) is 0.321. The molecular formula is C28H29FN6O3. The van der Waals surface area contributed by atoms with Gasteiger partial charge in [-0.05, 0) is 41.7 Å². The van der Waals surface area contributed by atoms with Crippen molar-refractivity contribution in [2.75, 3.05) is 18.0 Å². The smallest absolute Gasteiger partial charge is 0.273 e. The number of aromatic amines is 1. The van der Waals surface area contributed by atoms with E-state index in [9.17, 15) is 9.59 Å². The van der Waals surface area contributed by atoms with Crippen molar-refractivity contribution in [3.8, 4) is 11.1 Å². The summed E-state index contributed by atoms with van der Waals surface area (Å²) in [5.74, 6) is 0.675. The van der Waals surface area contributed by atoms with E-state index in [2.05, 4.69) is 37.0 Å². The van der Waals surface area contributed by atoms with Crippen LogP contribution in [0, 0.1) is 11.7 Å². The molecule has 1 aliphatic rings. The Bertz CT molecular complexity index is 1510. The second-order valence-electron chi connectivity index (χ2n) is 9.82. The van der Waals surface area contributed by atoms with Crippen LogP contribution in [0.25, 0.3) is 22.2 Å². The van der Waals surface area contributed by atoms with Gasteiger partial charge in [0.05, 0.1) is 5.39 Å². The molecule has 0 radical (unpaired) electrons. The number of benzene rings is 1. The van der Waals surface area contributed by atoms with Gasteiger partial charge in [-0.3, -0.25) is 14.7 Å². The average molecular weight is 517 g/mol. The summed E-state index contributed by atoms with van der Waals surface area (Å²) < 4.78 is 20.5. The molecule has 3 aromatic heterocycles. The number of hydrogen-bond acceptors (Lipinski definition) is 7. The lowest BCUT2D eigenvalue weighted by Crippen LogP contribution is -2.23. The summed E-state index contributed by atoms with van der Waals surface area (Å²) in [7, 11) is 0. The number of ketones is 1. The quantitative estimate of drug-likeness (QED) is 0.308. The Labute approximate surface area is 219 Å². The van der Waals surface area contributed by atoms with Crippen LogP contribution in [0.3, 0.4) is 0 Å². The van der Waals surface area contributed by atoms with Crippen LogP contribution in [0.5, 0.6) is 0 Å². The minimum atomic E-state index is -0.440. The van der Waals surface area contributed by atoms with Crippen LogP contribution in [0.2, 0.25) is 0 Å². The summed E-state index contributed by atoms with van der Waals surface area (Å²) in [6, 6.07) is 6.77. The van der Waals surface area contributed by atoms with E-state index in [1.807, 2.05) is 26.0 Å². The molecule has 2 N–H and O–H groups in total. The van der Waals surface area contributed by atoms with Gasteiger partial charge >= 0.3 is 0 Å². The first-order valence-electron chi connectivity index (χ1n) is 12.6. The van der Waals surface area contributed by atoms with Crippen LogP contribution in [-0.4, -0.2) is 44.9 Å². The highest BCUT2D eigenvalue weighted by atomic mass is 19.1. The summed E-state index contributed by atoms with van der Waals surface area (Å²) in [4.78, 5) is 35.0. The third-order valence-electron chi connectivity index (χ3n) is 6.80. The van der Waals surface area contributed by atoms with E-state index < -0.39 is 11.7 Å². The molecule has 1 aliphatic heterocycles. The molecule has 0 spiro atoms. The molecule has 4 aromatic rings. The highest BCUT2D eigenvalue weighted by Gasteiger charge is 2.28. The number of rotatable bonds is 9. The maximum atomic E-state index is 15.2. The predicted octanol–water partition coefficient (Wildman–Crippen LogP) is 4.78. The monoisotopic (exact) mass is 516 g/mol. The lowest BCUT2D eigenvalue weighted by Gasteiger charge is -2.17. The molecule has 5 rings (SSSR count). The van der Waals surface area contributed by atoms with Gasteiger partial charge in [0.2, 0.25) is 0 Å². The molecular weight excluding hydrogens is 487 g/mol. The molecule has 1 aromatic carbocycles. The van der Waals surface area contributed by atoms with Crippen LogP contribution < -0.4 is 10.2 Å². The largest absolute Gasteiger partial charge is 0.448 e. The van der Waals surface area contributed by atoms with Crippen molar-refractivity contribution in [1.82, 2.24) is 25.5 Å². The van der Waals surface area contributed by atoms with Crippen LogP contribution in [0.1, 0.15) is 54.5 Å². The maximum absolute atomic E-state index is 15.2. The van der Waals surface area contributed by atoms with Gasteiger partial charge in [-0.15, -0.1) is 0 Å². The van der Waals surface area contributed by atoms with Gasteiger partial charge in [0, 0.05) is 43.7 Å². The van der Waals surface area contributed by atoms with Gasteiger partial charge in [-0.1, -0.05) is 32.6 Å². The van der Waals surface area contributed by atoms with E-state index >= 15 is 4.39 Å². The summed E-state index contributed by atoms with van der Waals surface area (Å²) >= 11 is 0. The number of oxazole rings is 1. The third-order valence-corrected chi connectivity index (χ3v) is 6.80. The first-order valence-corrected chi connectivity index (χ1v) is 12.6. The van der Waals surface area contributed by atoms with E-state index in [0.717, 1.165) is 29.7 Å². The van der Waals surface area contributed by atoms with Crippen molar-refractivity contribution in [3.05, 3.63) is 72.3 Å². The van der Waals surface area contributed by atoms with E-state index in [4.69, 9.17) is 4.42 Å². The predicted molar refractivity (Wildman–Crippen MR) is 141 cm³/mol. The molecule has 0 bridgehead atoms. The minimum absolute atomic E-state index is 0.0100. The van der Waals surface area contributed by atoms with Gasteiger partial charge in [0.25, 0.3) is 5.91 Å². The second kappa shape index (κ2) is 10.6. The number of allylic oxidation sites excluding steroid dienone is 1. The standard InChI is InChI=1S/C28H29FN6O3/c1-4-20(36)11-17-8-10-35(14-17)26-24-21(7-9-30-25(24)33-34-26)18-5-6-19(22(29)12-18)13-31-27(37)23-15-38-28(32-23)16(2)3/h4-7,9,12,15-17H,1,8,10-11,13-14H2,2-3H3,(H,31,37)(H,30,33,34)/t17-/m0/s1. The van der Waals surface area contributed by atoms with Gasteiger partial charge in [0.1, 0.15) is 12.1 Å². The summed E-state index contributed by atoms with van der Waals surface area (Å²) in [5, 5.41) is 11.0. The number of pyridine rings is 1. The van der Waals surface area contributed by atoms with Crippen molar-refractivity contribution in [3.63, 3.8) is 0 Å². The molecule has 196 valence electrons. The topological polar surface area (TPSA) is 117 Å². The van der Waals surface area contributed by atoms with Gasteiger partial charge in [-0.25, -0.2) is 14.4 Å². The maximum Gasteiger partial charge on any atom is 0.273 e. The average Bonchev–Trinajstić information content (AvgIpc) is 3.67. The lowest BCUT2D eigenvalue weighted by atomic mass is 10.0. The second-order valence-corrected chi connectivity index (χ2v) is 9.82. The summed E-state index contributed by atoms with van der Waals surface area (Å²) in [5.41, 5.74) is 2.58. The van der Waals surface area contributed by atoms with Crippen LogP contribution >= 0.6 is 0 Å². The Hall–Kier alpha value is -4.34. The van der Waals surface area contributed by atoms with E-state index in [1.165, 1.54) is 18.4 Å². The van der Waals surface area contributed by atoms with E-state index in [-0.39, 0.29) is 29.9 Å². The Morgan fingerprint density at radius 3 is 2.92 bits per heavy atom. The number of nitrogens with one attached hydrogen (secondary N) is 2. The number of halogens is 1. The van der Waals surface area contributed by atoms with Crippen molar-refractivity contribution in [2.24, 2.45) is 5.92 Å². The van der Waals surface area contributed by atoms with Crippen LogP contribution in [0.4, 0.5) is 10.2 Å². The van der Waals surface area contributed by atoms with Gasteiger partial charge in [-0.2, -0.15) is 5.10 Å². The van der Waals surface area contributed by atoms with Crippen LogP contribution in [-0.2, 0) is 11.3 Å². The number of carbonyl (C=O) groups excluding carboxylic acids is 2.